The van der Waals surface area contributed by atoms with Gasteiger partial charge >= 0.3 is 0 Å². The van der Waals surface area contributed by atoms with Crippen molar-refractivity contribution in [2.45, 2.75) is 32.8 Å². The van der Waals surface area contributed by atoms with Crippen molar-refractivity contribution in [3.8, 4) is 5.75 Å². The Labute approximate surface area is 107 Å². The quantitative estimate of drug-likeness (QED) is 0.808. The monoisotopic (exact) mass is 251 g/mol. The first kappa shape index (κ1) is 12.9. The number of halogens is 1. The first-order chi connectivity index (χ1) is 8.56. The van der Waals surface area contributed by atoms with E-state index in [2.05, 4.69) is 0 Å². The zero-order valence-electron chi connectivity index (χ0n) is 10.8. The normalized spacial score (nSPS) is 16.7. The molecule has 1 aromatic carbocycles. The molecular weight excluding hydrogens is 233 g/mol. The second-order valence-corrected chi connectivity index (χ2v) is 4.73. The molecule has 0 spiro atoms. The average molecular weight is 251 g/mol. The predicted octanol–water partition coefficient (Wildman–Crippen LogP) is 2.52. The minimum Gasteiger partial charge on any atom is -0.490 e. The van der Waals surface area contributed by atoms with Crippen molar-refractivity contribution in [2.75, 3.05) is 13.1 Å². The molecule has 1 aromatic rings. The van der Waals surface area contributed by atoms with E-state index >= 15 is 0 Å². The van der Waals surface area contributed by atoms with Crippen LogP contribution < -0.4 is 4.74 Å². The van der Waals surface area contributed by atoms with Gasteiger partial charge in [0.2, 0.25) is 5.91 Å². The maximum Gasteiger partial charge on any atom is 0.219 e. The van der Waals surface area contributed by atoms with E-state index in [0.29, 0.717) is 18.8 Å². The number of carbonyl (C=O) groups excluding carboxylic acids is 1. The van der Waals surface area contributed by atoms with Crippen LogP contribution in [0.15, 0.2) is 18.2 Å². The van der Waals surface area contributed by atoms with Crippen molar-refractivity contribution in [1.82, 2.24) is 4.90 Å². The predicted molar refractivity (Wildman–Crippen MR) is 67.0 cm³/mol. The van der Waals surface area contributed by atoms with Crippen LogP contribution in [-0.2, 0) is 4.79 Å². The third kappa shape index (κ3) is 3.00. The largest absolute Gasteiger partial charge is 0.490 e. The van der Waals surface area contributed by atoms with E-state index in [-0.39, 0.29) is 17.8 Å². The van der Waals surface area contributed by atoms with Gasteiger partial charge in [-0.15, -0.1) is 0 Å². The van der Waals surface area contributed by atoms with Crippen LogP contribution in [0, 0.1) is 12.7 Å². The van der Waals surface area contributed by atoms with Gasteiger partial charge in [0.25, 0.3) is 0 Å². The van der Waals surface area contributed by atoms with Gasteiger partial charge in [0.05, 0.1) is 0 Å². The molecule has 0 unspecified atom stereocenters. The topological polar surface area (TPSA) is 29.5 Å². The van der Waals surface area contributed by atoms with E-state index < -0.39 is 0 Å². The highest BCUT2D eigenvalue weighted by molar-refractivity contribution is 5.73. The SMILES string of the molecule is CC(=O)N1CCC(Oc2cc(F)ccc2C)CC1. The summed E-state index contributed by atoms with van der Waals surface area (Å²) in [6.45, 7) is 4.92. The third-order valence-corrected chi connectivity index (χ3v) is 3.33. The lowest BCUT2D eigenvalue weighted by molar-refractivity contribution is -0.130. The Morgan fingerprint density at radius 3 is 2.67 bits per heavy atom. The summed E-state index contributed by atoms with van der Waals surface area (Å²) in [7, 11) is 0. The van der Waals surface area contributed by atoms with Gasteiger partial charge < -0.3 is 9.64 Å². The van der Waals surface area contributed by atoms with E-state index in [9.17, 15) is 9.18 Å². The molecule has 0 atom stereocenters. The van der Waals surface area contributed by atoms with Gasteiger partial charge in [-0.05, 0) is 18.6 Å². The number of amides is 1. The first-order valence-corrected chi connectivity index (χ1v) is 6.24. The Kier molecular flexibility index (Phi) is 3.84. The van der Waals surface area contributed by atoms with Crippen molar-refractivity contribution in [3.05, 3.63) is 29.6 Å². The summed E-state index contributed by atoms with van der Waals surface area (Å²) >= 11 is 0. The second kappa shape index (κ2) is 5.38. The molecule has 1 aliphatic rings. The average Bonchev–Trinajstić information content (AvgIpc) is 2.34. The molecule has 98 valence electrons. The van der Waals surface area contributed by atoms with Gasteiger partial charge in [-0.3, -0.25) is 4.79 Å². The molecule has 18 heavy (non-hydrogen) atoms. The van der Waals surface area contributed by atoms with Crippen LogP contribution in [-0.4, -0.2) is 30.0 Å². The van der Waals surface area contributed by atoms with E-state index in [1.165, 1.54) is 12.1 Å². The maximum atomic E-state index is 13.1. The van der Waals surface area contributed by atoms with Crippen LogP contribution in [0.3, 0.4) is 0 Å². The van der Waals surface area contributed by atoms with Crippen LogP contribution >= 0.6 is 0 Å². The molecular formula is C14H18FNO2. The highest BCUT2D eigenvalue weighted by atomic mass is 19.1. The summed E-state index contributed by atoms with van der Waals surface area (Å²) in [5.41, 5.74) is 0.936. The second-order valence-electron chi connectivity index (χ2n) is 4.73. The number of carbonyl (C=O) groups is 1. The minimum atomic E-state index is -0.281. The molecule has 0 saturated carbocycles. The Balaban J connectivity index is 1.95. The Bertz CT molecular complexity index is 439. The van der Waals surface area contributed by atoms with Crippen molar-refractivity contribution < 1.29 is 13.9 Å². The van der Waals surface area contributed by atoms with E-state index in [0.717, 1.165) is 18.4 Å². The summed E-state index contributed by atoms with van der Waals surface area (Å²) in [4.78, 5) is 13.0. The van der Waals surface area contributed by atoms with E-state index in [1.807, 2.05) is 11.8 Å². The lowest BCUT2D eigenvalue weighted by Gasteiger charge is -2.31. The van der Waals surface area contributed by atoms with Gasteiger partial charge in [0, 0.05) is 38.9 Å². The Morgan fingerprint density at radius 1 is 1.39 bits per heavy atom. The molecule has 1 saturated heterocycles. The fourth-order valence-corrected chi connectivity index (χ4v) is 2.17. The first-order valence-electron chi connectivity index (χ1n) is 6.24. The fraction of sp³-hybridized carbons (Fsp3) is 0.500. The Hall–Kier alpha value is -1.58. The highest BCUT2D eigenvalue weighted by Gasteiger charge is 2.22. The fourth-order valence-electron chi connectivity index (χ4n) is 2.17. The molecule has 0 aliphatic carbocycles. The number of piperidine rings is 1. The molecule has 0 radical (unpaired) electrons. The van der Waals surface area contributed by atoms with Crippen LogP contribution in [0.4, 0.5) is 4.39 Å². The van der Waals surface area contributed by atoms with Crippen molar-refractivity contribution in [1.29, 1.82) is 0 Å². The summed E-state index contributed by atoms with van der Waals surface area (Å²) in [6, 6.07) is 4.57. The van der Waals surface area contributed by atoms with E-state index in [4.69, 9.17) is 4.74 Å². The van der Waals surface area contributed by atoms with Gasteiger partial charge in [0.1, 0.15) is 17.7 Å². The maximum absolute atomic E-state index is 13.1. The van der Waals surface area contributed by atoms with Crippen molar-refractivity contribution in [3.63, 3.8) is 0 Å². The van der Waals surface area contributed by atoms with Crippen LogP contribution in [0.5, 0.6) is 5.75 Å². The van der Waals surface area contributed by atoms with Crippen LogP contribution in [0.25, 0.3) is 0 Å². The molecule has 4 heteroatoms. The number of rotatable bonds is 2. The standard InChI is InChI=1S/C14H18FNO2/c1-10-3-4-12(15)9-14(10)18-13-5-7-16(8-6-13)11(2)17/h3-4,9,13H,5-8H2,1-2H3. The molecule has 2 rings (SSSR count). The summed E-state index contributed by atoms with van der Waals surface area (Å²) < 4.78 is 19.0. The lowest BCUT2D eigenvalue weighted by Crippen LogP contribution is -2.40. The zero-order chi connectivity index (χ0) is 13.1. The molecule has 1 amide bonds. The van der Waals surface area contributed by atoms with Gasteiger partial charge in [-0.25, -0.2) is 4.39 Å². The van der Waals surface area contributed by atoms with Crippen molar-refractivity contribution >= 4 is 5.91 Å². The minimum absolute atomic E-state index is 0.0705. The highest BCUT2D eigenvalue weighted by Crippen LogP contribution is 2.23. The summed E-state index contributed by atoms with van der Waals surface area (Å²) in [5.74, 6) is 0.434. The number of hydrogen-bond acceptors (Lipinski definition) is 2. The number of aryl methyl sites for hydroxylation is 1. The molecule has 1 fully saturated rings. The van der Waals surface area contributed by atoms with Crippen molar-refractivity contribution in [2.24, 2.45) is 0 Å². The zero-order valence-corrected chi connectivity index (χ0v) is 10.8. The number of nitrogens with zero attached hydrogens (tertiary/aromatic N) is 1. The van der Waals surface area contributed by atoms with E-state index in [1.54, 1.807) is 13.0 Å². The van der Waals surface area contributed by atoms with Gasteiger partial charge in [-0.2, -0.15) is 0 Å². The lowest BCUT2D eigenvalue weighted by atomic mass is 10.1. The molecule has 3 nitrogen and oxygen atoms in total. The molecule has 0 bridgehead atoms. The molecule has 1 heterocycles. The van der Waals surface area contributed by atoms with Gasteiger partial charge in [0.15, 0.2) is 0 Å². The molecule has 0 N–H and O–H groups in total. The molecule has 1 aliphatic heterocycles. The van der Waals surface area contributed by atoms with Crippen LogP contribution in [0.2, 0.25) is 0 Å². The third-order valence-electron chi connectivity index (χ3n) is 3.33. The smallest absolute Gasteiger partial charge is 0.219 e. The summed E-state index contributed by atoms with van der Waals surface area (Å²) in [5, 5.41) is 0. The van der Waals surface area contributed by atoms with Gasteiger partial charge in [-0.1, -0.05) is 6.07 Å². The van der Waals surface area contributed by atoms with Crippen LogP contribution in [0.1, 0.15) is 25.3 Å². The number of benzene rings is 1. The number of ether oxygens (including phenoxy) is 1. The Morgan fingerprint density at radius 2 is 2.06 bits per heavy atom. The number of hydrogen-bond donors (Lipinski definition) is 0. The summed E-state index contributed by atoms with van der Waals surface area (Å²) in [6.07, 6.45) is 1.67. The molecule has 0 aromatic heterocycles. The number of likely N-dealkylation sites (tertiary alicyclic amines) is 1.